The normalized spacial score (nSPS) is 11.4. The predicted octanol–water partition coefficient (Wildman–Crippen LogP) is 1.68. The number of hydrogen-bond donors (Lipinski definition) is 1. The maximum Gasteiger partial charge on any atom is 0.193 e. The third kappa shape index (κ3) is 5.69. The molecular weight excluding hydrogens is 260 g/mol. The molecular formula is C15H22O5. The van der Waals surface area contributed by atoms with E-state index in [1.54, 1.807) is 31.4 Å². The fraction of sp³-hybridized carbons (Fsp3) is 0.533. The summed E-state index contributed by atoms with van der Waals surface area (Å²) in [7, 11) is 1.62. The molecule has 1 aromatic rings. The second-order valence-corrected chi connectivity index (χ2v) is 4.87. The van der Waals surface area contributed by atoms with Crippen LogP contribution in [0.3, 0.4) is 0 Å². The van der Waals surface area contributed by atoms with Crippen molar-refractivity contribution in [2.75, 3.05) is 33.5 Å². The average Bonchev–Trinajstić information content (AvgIpc) is 2.41. The van der Waals surface area contributed by atoms with Gasteiger partial charge in [0.1, 0.15) is 18.0 Å². The standard InChI is InChI=1S/C15H22O5/c1-15(2,17)14(16)12-4-6-13(7-5-12)20-11-10-19-9-8-18-3/h4-7,17H,8-11H2,1-3H3. The molecule has 0 radical (unpaired) electrons. The number of hydrogen-bond acceptors (Lipinski definition) is 5. The Hall–Kier alpha value is -1.43. The van der Waals surface area contributed by atoms with Gasteiger partial charge >= 0.3 is 0 Å². The zero-order valence-electron chi connectivity index (χ0n) is 12.2. The molecule has 0 aromatic heterocycles. The minimum Gasteiger partial charge on any atom is -0.491 e. The molecule has 1 aromatic carbocycles. The number of carbonyl (C=O) groups excluding carboxylic acids is 1. The van der Waals surface area contributed by atoms with Crippen molar-refractivity contribution in [3.8, 4) is 5.75 Å². The first kappa shape index (κ1) is 16.6. The van der Waals surface area contributed by atoms with E-state index in [1.807, 2.05) is 0 Å². The molecule has 20 heavy (non-hydrogen) atoms. The smallest absolute Gasteiger partial charge is 0.193 e. The maximum absolute atomic E-state index is 11.8. The maximum atomic E-state index is 11.8. The fourth-order valence-electron chi connectivity index (χ4n) is 1.52. The third-order valence-electron chi connectivity index (χ3n) is 2.60. The van der Waals surface area contributed by atoms with Gasteiger partial charge in [-0.2, -0.15) is 0 Å². The zero-order chi connectivity index (χ0) is 15.0. The van der Waals surface area contributed by atoms with Gasteiger partial charge in [0.05, 0.1) is 19.8 Å². The molecule has 0 spiro atoms. The number of rotatable bonds is 9. The molecule has 0 saturated heterocycles. The molecule has 0 atom stereocenters. The van der Waals surface area contributed by atoms with Crippen LogP contribution in [0.5, 0.6) is 5.75 Å². The van der Waals surface area contributed by atoms with Gasteiger partial charge in [0.2, 0.25) is 0 Å². The molecule has 0 amide bonds. The molecule has 112 valence electrons. The molecule has 0 heterocycles. The third-order valence-corrected chi connectivity index (χ3v) is 2.60. The molecule has 0 fully saturated rings. The highest BCUT2D eigenvalue weighted by Crippen LogP contribution is 2.17. The quantitative estimate of drug-likeness (QED) is 0.551. The molecule has 0 saturated carbocycles. The monoisotopic (exact) mass is 282 g/mol. The summed E-state index contributed by atoms with van der Waals surface area (Å²) in [5, 5.41) is 9.65. The molecule has 0 aliphatic carbocycles. The molecule has 0 aliphatic heterocycles. The van der Waals surface area contributed by atoms with Crippen LogP contribution in [0.2, 0.25) is 0 Å². The lowest BCUT2D eigenvalue weighted by Crippen LogP contribution is -2.30. The lowest BCUT2D eigenvalue weighted by atomic mass is 9.97. The first-order chi connectivity index (χ1) is 9.45. The van der Waals surface area contributed by atoms with E-state index >= 15 is 0 Å². The minimum absolute atomic E-state index is 0.313. The van der Waals surface area contributed by atoms with Gasteiger partial charge in [-0.25, -0.2) is 0 Å². The van der Waals surface area contributed by atoms with E-state index in [1.165, 1.54) is 13.8 Å². The summed E-state index contributed by atoms with van der Waals surface area (Å²) >= 11 is 0. The molecule has 0 bridgehead atoms. The van der Waals surface area contributed by atoms with Gasteiger partial charge in [-0.1, -0.05) is 0 Å². The number of ketones is 1. The van der Waals surface area contributed by atoms with Crippen LogP contribution in [0.15, 0.2) is 24.3 Å². The van der Waals surface area contributed by atoms with E-state index < -0.39 is 5.60 Å². The summed E-state index contributed by atoms with van der Waals surface area (Å²) in [6, 6.07) is 6.69. The van der Waals surface area contributed by atoms with Crippen molar-refractivity contribution >= 4 is 5.78 Å². The largest absolute Gasteiger partial charge is 0.491 e. The van der Waals surface area contributed by atoms with Crippen molar-refractivity contribution in [1.82, 2.24) is 0 Å². The number of methoxy groups -OCH3 is 1. The van der Waals surface area contributed by atoms with Crippen LogP contribution < -0.4 is 4.74 Å². The van der Waals surface area contributed by atoms with Gasteiger partial charge < -0.3 is 19.3 Å². The number of benzene rings is 1. The van der Waals surface area contributed by atoms with Crippen LogP contribution in [0.4, 0.5) is 0 Å². The fourth-order valence-corrected chi connectivity index (χ4v) is 1.52. The molecule has 1 rings (SSSR count). The van der Waals surface area contributed by atoms with Crippen LogP contribution in [0.1, 0.15) is 24.2 Å². The Morgan fingerprint density at radius 2 is 1.70 bits per heavy atom. The topological polar surface area (TPSA) is 65.0 Å². The van der Waals surface area contributed by atoms with Gasteiger partial charge in [-0.3, -0.25) is 4.79 Å². The first-order valence-corrected chi connectivity index (χ1v) is 6.52. The van der Waals surface area contributed by atoms with E-state index in [4.69, 9.17) is 14.2 Å². The second-order valence-electron chi connectivity index (χ2n) is 4.87. The Bertz CT molecular complexity index is 405. The number of aliphatic hydroxyl groups is 1. The molecule has 5 heteroatoms. The Labute approximate surface area is 119 Å². The summed E-state index contributed by atoms with van der Waals surface area (Å²) < 4.78 is 15.6. The lowest BCUT2D eigenvalue weighted by Gasteiger charge is -2.15. The van der Waals surface area contributed by atoms with Crippen LogP contribution in [-0.2, 0) is 9.47 Å². The number of ether oxygens (including phenoxy) is 3. The molecule has 5 nitrogen and oxygen atoms in total. The zero-order valence-corrected chi connectivity index (χ0v) is 12.2. The van der Waals surface area contributed by atoms with Crippen LogP contribution >= 0.6 is 0 Å². The molecule has 0 aliphatic rings. The van der Waals surface area contributed by atoms with Gasteiger partial charge in [-0.05, 0) is 38.1 Å². The van der Waals surface area contributed by atoms with Crippen molar-refractivity contribution in [2.45, 2.75) is 19.4 Å². The second kappa shape index (κ2) is 7.99. The van der Waals surface area contributed by atoms with Crippen molar-refractivity contribution in [3.63, 3.8) is 0 Å². The summed E-state index contributed by atoms with van der Waals surface area (Å²) in [4.78, 5) is 11.8. The van der Waals surface area contributed by atoms with Crippen molar-refractivity contribution in [2.24, 2.45) is 0 Å². The summed E-state index contributed by atoms with van der Waals surface area (Å²) in [5.74, 6) is 0.347. The van der Waals surface area contributed by atoms with Gasteiger partial charge in [-0.15, -0.1) is 0 Å². The van der Waals surface area contributed by atoms with Crippen molar-refractivity contribution in [1.29, 1.82) is 0 Å². The van der Waals surface area contributed by atoms with E-state index in [0.717, 1.165) is 0 Å². The predicted molar refractivity (Wildman–Crippen MR) is 75.3 cm³/mol. The van der Waals surface area contributed by atoms with Crippen LogP contribution in [-0.4, -0.2) is 50.0 Å². The van der Waals surface area contributed by atoms with Crippen molar-refractivity contribution < 1.29 is 24.1 Å². The first-order valence-electron chi connectivity index (χ1n) is 6.52. The van der Waals surface area contributed by atoms with Gasteiger partial charge in [0.25, 0.3) is 0 Å². The van der Waals surface area contributed by atoms with Crippen LogP contribution in [0.25, 0.3) is 0 Å². The average molecular weight is 282 g/mol. The Morgan fingerprint density at radius 1 is 1.10 bits per heavy atom. The lowest BCUT2D eigenvalue weighted by molar-refractivity contribution is 0.0487. The molecule has 1 N–H and O–H groups in total. The van der Waals surface area contributed by atoms with E-state index in [-0.39, 0.29) is 5.78 Å². The van der Waals surface area contributed by atoms with E-state index in [2.05, 4.69) is 0 Å². The highest BCUT2D eigenvalue weighted by atomic mass is 16.5. The Morgan fingerprint density at radius 3 is 2.25 bits per heavy atom. The van der Waals surface area contributed by atoms with Crippen LogP contribution in [0, 0.1) is 0 Å². The van der Waals surface area contributed by atoms with E-state index in [0.29, 0.717) is 37.7 Å². The van der Waals surface area contributed by atoms with Crippen molar-refractivity contribution in [3.05, 3.63) is 29.8 Å². The Balaban J connectivity index is 2.38. The van der Waals surface area contributed by atoms with Gasteiger partial charge in [0.15, 0.2) is 5.78 Å². The summed E-state index contributed by atoms with van der Waals surface area (Å²) in [5.41, 5.74) is -0.904. The summed E-state index contributed by atoms with van der Waals surface area (Å²) in [6.45, 7) is 4.96. The number of Topliss-reactive ketones (excluding diaryl/α,β-unsaturated/α-hetero) is 1. The molecule has 0 unspecified atom stereocenters. The summed E-state index contributed by atoms with van der Waals surface area (Å²) in [6.07, 6.45) is 0. The van der Waals surface area contributed by atoms with Gasteiger partial charge in [0, 0.05) is 12.7 Å². The number of carbonyl (C=O) groups is 1. The highest BCUT2D eigenvalue weighted by Gasteiger charge is 2.24. The van der Waals surface area contributed by atoms with E-state index in [9.17, 15) is 9.90 Å². The Kier molecular flexibility index (Phi) is 6.64. The highest BCUT2D eigenvalue weighted by molar-refractivity contribution is 6.01. The minimum atomic E-state index is -1.36. The SMILES string of the molecule is COCCOCCOc1ccc(C(=O)C(C)(C)O)cc1.